The first-order valence-corrected chi connectivity index (χ1v) is 14.8. The number of rotatable bonds is 7. The SMILES string of the molecule is Cc1ncsc1-c1ccc(CNC(=O)[C@@H]2C[C@@H](O)CN2C(=O)[C@H](c2cccs2)N2Cc3ccccc3C2)cc1. The average molecular weight is 559 g/mol. The van der Waals surface area contributed by atoms with Gasteiger partial charge in [-0.15, -0.1) is 22.7 Å². The molecule has 3 atom stereocenters. The van der Waals surface area contributed by atoms with Gasteiger partial charge in [-0.2, -0.15) is 0 Å². The van der Waals surface area contributed by atoms with Gasteiger partial charge >= 0.3 is 0 Å². The van der Waals surface area contributed by atoms with Gasteiger partial charge in [0.15, 0.2) is 0 Å². The molecule has 200 valence electrons. The number of thiophene rings is 1. The third-order valence-corrected chi connectivity index (χ3v) is 9.47. The summed E-state index contributed by atoms with van der Waals surface area (Å²) in [7, 11) is 0. The van der Waals surface area contributed by atoms with Crippen LogP contribution in [0.25, 0.3) is 10.4 Å². The molecule has 0 aliphatic carbocycles. The van der Waals surface area contributed by atoms with Crippen LogP contribution in [0.2, 0.25) is 0 Å². The molecule has 6 rings (SSSR count). The summed E-state index contributed by atoms with van der Waals surface area (Å²) in [5.74, 6) is -0.372. The number of nitrogens with zero attached hydrogens (tertiary/aromatic N) is 3. The number of fused-ring (bicyclic) bond motifs is 1. The van der Waals surface area contributed by atoms with Crippen molar-refractivity contribution in [1.82, 2.24) is 20.1 Å². The highest BCUT2D eigenvalue weighted by atomic mass is 32.1. The molecule has 1 fully saturated rings. The number of aliphatic hydroxyl groups is 1. The molecule has 2 aromatic carbocycles. The number of hydrogen-bond donors (Lipinski definition) is 2. The van der Waals surface area contributed by atoms with E-state index in [0.29, 0.717) is 19.6 Å². The molecule has 0 bridgehead atoms. The lowest BCUT2D eigenvalue weighted by Crippen LogP contribution is -2.49. The van der Waals surface area contributed by atoms with Gasteiger partial charge in [0, 0.05) is 37.5 Å². The molecular formula is C30H30N4O3S2. The fourth-order valence-electron chi connectivity index (χ4n) is 5.57. The number of thiazole rings is 1. The predicted octanol–water partition coefficient (Wildman–Crippen LogP) is 4.52. The van der Waals surface area contributed by atoms with Crippen LogP contribution in [-0.4, -0.2) is 50.4 Å². The van der Waals surface area contributed by atoms with Gasteiger partial charge in [-0.1, -0.05) is 54.6 Å². The van der Waals surface area contributed by atoms with Gasteiger partial charge in [-0.05, 0) is 40.6 Å². The number of benzene rings is 2. The Labute approximate surface area is 235 Å². The van der Waals surface area contributed by atoms with E-state index in [-0.39, 0.29) is 24.8 Å². The maximum absolute atomic E-state index is 14.1. The number of nitrogens with one attached hydrogen (secondary N) is 1. The number of β-amino-alcohol motifs (C(OH)–C–C–N with tert-alkyl or cyclic N) is 1. The highest BCUT2D eigenvalue weighted by molar-refractivity contribution is 7.13. The second-order valence-corrected chi connectivity index (χ2v) is 12.0. The smallest absolute Gasteiger partial charge is 0.246 e. The third kappa shape index (κ3) is 5.27. The standard InChI is InChI=1S/C30H30N4O3S2/c1-19-28(39-18-32-19)21-10-8-20(9-11-21)14-31-29(36)25-13-24(35)17-34(25)30(37)27(26-7-4-12-38-26)33-15-22-5-2-3-6-23(22)16-33/h2-12,18,24-25,27,35H,13-17H2,1H3,(H,31,36)/t24-,25+,27+/m1/s1. The van der Waals surface area contributed by atoms with Crippen molar-refractivity contribution in [3.63, 3.8) is 0 Å². The van der Waals surface area contributed by atoms with Crippen molar-refractivity contribution < 1.29 is 14.7 Å². The van der Waals surface area contributed by atoms with Gasteiger partial charge in [0.05, 0.1) is 22.2 Å². The molecule has 0 radical (unpaired) electrons. The molecule has 0 saturated carbocycles. The molecule has 2 amide bonds. The first-order chi connectivity index (χ1) is 19.0. The van der Waals surface area contributed by atoms with E-state index in [0.717, 1.165) is 26.6 Å². The minimum atomic E-state index is -0.730. The lowest BCUT2D eigenvalue weighted by Gasteiger charge is -2.32. The second-order valence-electron chi connectivity index (χ2n) is 10.2. The first-order valence-electron chi connectivity index (χ1n) is 13.1. The molecule has 2 N–H and O–H groups in total. The van der Waals surface area contributed by atoms with Gasteiger partial charge in [-0.25, -0.2) is 4.98 Å². The molecule has 2 aliphatic rings. The molecule has 1 saturated heterocycles. The van der Waals surface area contributed by atoms with Crippen LogP contribution < -0.4 is 5.32 Å². The molecule has 2 aromatic heterocycles. The van der Waals surface area contributed by atoms with E-state index >= 15 is 0 Å². The van der Waals surface area contributed by atoms with Crippen LogP contribution in [0.15, 0.2) is 71.6 Å². The fourth-order valence-corrected chi connectivity index (χ4v) is 7.23. The van der Waals surface area contributed by atoms with Gasteiger partial charge < -0.3 is 15.3 Å². The summed E-state index contributed by atoms with van der Waals surface area (Å²) < 4.78 is 0. The number of carbonyl (C=O) groups excluding carboxylic acids is 2. The summed E-state index contributed by atoms with van der Waals surface area (Å²) in [6, 6.07) is 19.1. The van der Waals surface area contributed by atoms with E-state index in [9.17, 15) is 14.7 Å². The highest BCUT2D eigenvalue weighted by Gasteiger charge is 2.44. The molecule has 7 nitrogen and oxygen atoms in total. The largest absolute Gasteiger partial charge is 0.391 e. The Hall–Kier alpha value is -3.37. The summed E-state index contributed by atoms with van der Waals surface area (Å²) in [6.07, 6.45) is -0.496. The Balaban J connectivity index is 1.16. The van der Waals surface area contributed by atoms with Gasteiger partial charge in [0.25, 0.3) is 0 Å². The zero-order valence-electron chi connectivity index (χ0n) is 21.6. The molecule has 4 aromatic rings. The zero-order chi connectivity index (χ0) is 26.9. The quantitative estimate of drug-likeness (QED) is 0.349. The van der Waals surface area contributed by atoms with Crippen molar-refractivity contribution in [2.24, 2.45) is 0 Å². The van der Waals surface area contributed by atoms with Crippen molar-refractivity contribution in [2.45, 2.75) is 51.2 Å². The first kappa shape index (κ1) is 25.9. The maximum Gasteiger partial charge on any atom is 0.246 e. The number of aryl methyl sites for hydroxylation is 1. The number of aromatic nitrogens is 1. The van der Waals surface area contributed by atoms with Crippen molar-refractivity contribution in [3.05, 3.63) is 98.8 Å². The molecule has 2 aliphatic heterocycles. The minimum absolute atomic E-state index is 0.133. The lowest BCUT2D eigenvalue weighted by atomic mass is 10.1. The molecule has 9 heteroatoms. The molecule has 39 heavy (non-hydrogen) atoms. The topological polar surface area (TPSA) is 85.8 Å². The minimum Gasteiger partial charge on any atom is -0.391 e. The maximum atomic E-state index is 14.1. The zero-order valence-corrected chi connectivity index (χ0v) is 23.3. The predicted molar refractivity (Wildman–Crippen MR) is 153 cm³/mol. The monoisotopic (exact) mass is 558 g/mol. The van der Waals surface area contributed by atoms with Crippen molar-refractivity contribution in [1.29, 1.82) is 0 Å². The number of amides is 2. The fraction of sp³-hybridized carbons (Fsp3) is 0.300. The Morgan fingerprint density at radius 3 is 2.44 bits per heavy atom. The van der Waals surface area contributed by atoms with Crippen molar-refractivity contribution >= 4 is 34.5 Å². The van der Waals surface area contributed by atoms with E-state index in [4.69, 9.17) is 0 Å². The summed E-state index contributed by atoms with van der Waals surface area (Å²) in [6.45, 7) is 3.85. The highest BCUT2D eigenvalue weighted by Crippen LogP contribution is 2.36. The van der Waals surface area contributed by atoms with E-state index in [1.54, 1.807) is 27.6 Å². The van der Waals surface area contributed by atoms with Crippen molar-refractivity contribution in [2.75, 3.05) is 6.54 Å². The van der Waals surface area contributed by atoms with Gasteiger partial charge in [0.2, 0.25) is 11.8 Å². The van der Waals surface area contributed by atoms with Crippen LogP contribution in [0.1, 0.15) is 39.7 Å². The number of hydrogen-bond acceptors (Lipinski definition) is 7. The number of carbonyl (C=O) groups is 2. The summed E-state index contributed by atoms with van der Waals surface area (Å²) >= 11 is 3.16. The average Bonchev–Trinajstić information content (AvgIpc) is 3.75. The van der Waals surface area contributed by atoms with Crippen LogP contribution in [0, 0.1) is 6.92 Å². The van der Waals surface area contributed by atoms with Gasteiger partial charge in [-0.3, -0.25) is 14.5 Å². The third-order valence-electron chi connectivity index (χ3n) is 7.57. The van der Waals surface area contributed by atoms with Crippen LogP contribution in [0.3, 0.4) is 0 Å². The molecule has 0 unspecified atom stereocenters. The van der Waals surface area contributed by atoms with E-state index < -0.39 is 18.2 Å². The number of likely N-dealkylation sites (tertiary alicyclic amines) is 1. The van der Waals surface area contributed by atoms with Crippen LogP contribution in [0.5, 0.6) is 0 Å². The molecular weight excluding hydrogens is 528 g/mol. The van der Waals surface area contributed by atoms with Crippen LogP contribution in [0.4, 0.5) is 0 Å². The summed E-state index contributed by atoms with van der Waals surface area (Å²) in [4.78, 5) is 37.6. The summed E-state index contributed by atoms with van der Waals surface area (Å²) in [5.41, 5.74) is 7.36. The number of aliphatic hydroxyl groups excluding tert-OH is 1. The Kier molecular flexibility index (Phi) is 7.31. The van der Waals surface area contributed by atoms with Crippen molar-refractivity contribution in [3.8, 4) is 10.4 Å². The van der Waals surface area contributed by atoms with E-state index in [2.05, 4.69) is 27.3 Å². The van der Waals surface area contributed by atoms with E-state index in [1.165, 1.54) is 11.1 Å². The Morgan fingerprint density at radius 2 is 1.79 bits per heavy atom. The Bertz CT molecular complexity index is 1440. The lowest BCUT2D eigenvalue weighted by molar-refractivity contribution is -0.143. The van der Waals surface area contributed by atoms with Crippen LogP contribution in [-0.2, 0) is 29.2 Å². The van der Waals surface area contributed by atoms with E-state index in [1.807, 2.05) is 66.3 Å². The molecule has 0 spiro atoms. The van der Waals surface area contributed by atoms with Crippen LogP contribution >= 0.6 is 22.7 Å². The molecule has 4 heterocycles. The normalized spacial score (nSPS) is 19.7. The summed E-state index contributed by atoms with van der Waals surface area (Å²) in [5, 5.41) is 15.5. The van der Waals surface area contributed by atoms with Gasteiger partial charge in [0.1, 0.15) is 12.1 Å². The second kappa shape index (κ2) is 11.0. The Morgan fingerprint density at radius 1 is 1.05 bits per heavy atom.